The lowest BCUT2D eigenvalue weighted by Crippen LogP contribution is -2.10. The summed E-state index contributed by atoms with van der Waals surface area (Å²) < 4.78 is 0. The van der Waals surface area contributed by atoms with Gasteiger partial charge in [-0.3, -0.25) is 0 Å². The van der Waals surface area contributed by atoms with Gasteiger partial charge < -0.3 is 5.32 Å². The van der Waals surface area contributed by atoms with Crippen molar-refractivity contribution in [2.45, 2.75) is 6.92 Å². The van der Waals surface area contributed by atoms with Crippen molar-refractivity contribution in [2.75, 3.05) is 0 Å². The summed E-state index contributed by atoms with van der Waals surface area (Å²) in [6, 6.07) is -0.387. The molecule has 0 aliphatic rings. The number of amides is 2. The molecule has 0 aromatic heterocycles. The van der Waals surface area contributed by atoms with Crippen LogP contribution < -0.4 is 5.32 Å². The van der Waals surface area contributed by atoms with Gasteiger partial charge in [-0.05, 0) is 13.1 Å². The molecule has 8 heavy (non-hydrogen) atoms. The van der Waals surface area contributed by atoms with Gasteiger partial charge in [-0.25, -0.2) is 9.79 Å². The SMILES string of the molecule is C=CNC(=O)N=CC. The Hall–Kier alpha value is -1.12. The second-order valence-corrected chi connectivity index (χ2v) is 1.04. The summed E-state index contributed by atoms with van der Waals surface area (Å²) in [7, 11) is 0. The van der Waals surface area contributed by atoms with Crippen LogP contribution in [0.5, 0.6) is 0 Å². The Morgan fingerprint density at radius 1 is 1.88 bits per heavy atom. The third kappa shape index (κ3) is 3.08. The first-order chi connectivity index (χ1) is 3.81. The number of carbonyl (C=O) groups is 1. The highest BCUT2D eigenvalue weighted by Gasteiger charge is 1.84. The van der Waals surface area contributed by atoms with Crippen LogP contribution in [0.2, 0.25) is 0 Å². The summed E-state index contributed by atoms with van der Waals surface area (Å²) >= 11 is 0. The van der Waals surface area contributed by atoms with E-state index in [-0.39, 0.29) is 6.03 Å². The summed E-state index contributed by atoms with van der Waals surface area (Å²) in [6.45, 7) is 4.95. The van der Waals surface area contributed by atoms with Crippen molar-refractivity contribution < 1.29 is 4.79 Å². The molecule has 1 N–H and O–H groups in total. The third-order valence-corrected chi connectivity index (χ3v) is 0.472. The Bertz CT molecular complexity index is 118. The topological polar surface area (TPSA) is 41.5 Å². The number of urea groups is 1. The van der Waals surface area contributed by atoms with Gasteiger partial charge >= 0.3 is 6.03 Å². The molecule has 0 aromatic rings. The van der Waals surface area contributed by atoms with E-state index < -0.39 is 0 Å². The molecule has 0 radical (unpaired) electrons. The minimum absolute atomic E-state index is 0.387. The zero-order valence-corrected chi connectivity index (χ0v) is 4.72. The molecule has 0 atom stereocenters. The van der Waals surface area contributed by atoms with E-state index in [1.165, 1.54) is 12.4 Å². The van der Waals surface area contributed by atoms with Crippen LogP contribution in [0.1, 0.15) is 6.92 Å². The van der Waals surface area contributed by atoms with Gasteiger partial charge in [0, 0.05) is 6.21 Å². The van der Waals surface area contributed by atoms with E-state index in [4.69, 9.17) is 0 Å². The molecule has 0 spiro atoms. The van der Waals surface area contributed by atoms with Gasteiger partial charge in [0.25, 0.3) is 0 Å². The highest BCUT2D eigenvalue weighted by atomic mass is 16.2. The molecule has 0 rings (SSSR count). The molecule has 0 aliphatic carbocycles. The Labute approximate surface area is 48.1 Å². The molecule has 0 saturated heterocycles. The van der Waals surface area contributed by atoms with Crippen molar-refractivity contribution in [3.63, 3.8) is 0 Å². The molecule has 44 valence electrons. The van der Waals surface area contributed by atoms with E-state index >= 15 is 0 Å². The van der Waals surface area contributed by atoms with Gasteiger partial charge in [-0.1, -0.05) is 6.58 Å². The van der Waals surface area contributed by atoms with Crippen molar-refractivity contribution in [1.82, 2.24) is 5.32 Å². The normalized spacial score (nSPS) is 9.12. The zero-order valence-electron chi connectivity index (χ0n) is 4.72. The van der Waals surface area contributed by atoms with E-state index in [2.05, 4.69) is 16.9 Å². The van der Waals surface area contributed by atoms with Crippen molar-refractivity contribution >= 4 is 12.2 Å². The average Bonchev–Trinajstić information content (AvgIpc) is 1.68. The van der Waals surface area contributed by atoms with Gasteiger partial charge in [0.15, 0.2) is 0 Å². The number of nitrogens with one attached hydrogen (secondary N) is 1. The summed E-state index contributed by atoms with van der Waals surface area (Å²) in [4.78, 5) is 13.6. The first-order valence-corrected chi connectivity index (χ1v) is 2.21. The largest absolute Gasteiger partial charge is 0.344 e. The summed E-state index contributed by atoms with van der Waals surface area (Å²) in [5, 5.41) is 2.27. The van der Waals surface area contributed by atoms with Crippen molar-refractivity contribution in [3.05, 3.63) is 12.8 Å². The van der Waals surface area contributed by atoms with Crippen molar-refractivity contribution in [1.29, 1.82) is 0 Å². The molecular formula is C5H8N2O. The fourth-order valence-corrected chi connectivity index (χ4v) is 0.242. The van der Waals surface area contributed by atoms with Crippen LogP contribution in [0.25, 0.3) is 0 Å². The van der Waals surface area contributed by atoms with Crippen LogP contribution in [0.4, 0.5) is 4.79 Å². The Morgan fingerprint density at radius 3 is 2.88 bits per heavy atom. The molecule has 0 heterocycles. The van der Waals surface area contributed by atoms with Gasteiger partial charge in [0.2, 0.25) is 0 Å². The van der Waals surface area contributed by atoms with Crippen LogP contribution in [-0.4, -0.2) is 12.2 Å². The lowest BCUT2D eigenvalue weighted by Gasteiger charge is -1.86. The Balaban J connectivity index is 3.48. The van der Waals surface area contributed by atoms with E-state index in [1.54, 1.807) is 6.92 Å². The average molecular weight is 112 g/mol. The number of nitrogens with zero attached hydrogens (tertiary/aromatic N) is 1. The van der Waals surface area contributed by atoms with E-state index in [1.807, 2.05) is 0 Å². The van der Waals surface area contributed by atoms with Gasteiger partial charge in [-0.2, -0.15) is 0 Å². The van der Waals surface area contributed by atoms with Crippen LogP contribution in [-0.2, 0) is 0 Å². The van der Waals surface area contributed by atoms with E-state index in [9.17, 15) is 4.79 Å². The quantitative estimate of drug-likeness (QED) is 0.504. The van der Waals surface area contributed by atoms with Gasteiger partial charge in [0.1, 0.15) is 0 Å². The van der Waals surface area contributed by atoms with E-state index in [0.29, 0.717) is 0 Å². The molecule has 3 heteroatoms. The number of aliphatic imine (C=N–C) groups is 1. The number of hydrogen-bond donors (Lipinski definition) is 1. The second-order valence-electron chi connectivity index (χ2n) is 1.04. The van der Waals surface area contributed by atoms with E-state index in [0.717, 1.165) is 0 Å². The molecule has 0 fully saturated rings. The molecule has 3 nitrogen and oxygen atoms in total. The maximum atomic E-state index is 10.3. The van der Waals surface area contributed by atoms with Crippen molar-refractivity contribution in [3.8, 4) is 0 Å². The monoisotopic (exact) mass is 112 g/mol. The van der Waals surface area contributed by atoms with Crippen molar-refractivity contribution in [2.24, 2.45) is 4.99 Å². The Kier molecular flexibility index (Phi) is 3.48. The van der Waals surface area contributed by atoms with Gasteiger partial charge in [-0.15, -0.1) is 0 Å². The lowest BCUT2D eigenvalue weighted by molar-refractivity contribution is 0.252. The number of rotatable bonds is 1. The standard InChI is InChI=1S/C5H8N2O/c1-3-6-5(8)7-4-2/h3-4H,1H2,2H3,(H,6,8). The molecule has 0 aliphatic heterocycles. The first kappa shape index (κ1) is 6.88. The first-order valence-electron chi connectivity index (χ1n) is 2.21. The van der Waals surface area contributed by atoms with Gasteiger partial charge in [0.05, 0.1) is 0 Å². The summed E-state index contributed by atoms with van der Waals surface area (Å²) in [5.41, 5.74) is 0. The molecular weight excluding hydrogens is 104 g/mol. The minimum Gasteiger partial charge on any atom is -0.313 e. The highest BCUT2D eigenvalue weighted by molar-refractivity contribution is 5.83. The summed E-state index contributed by atoms with van der Waals surface area (Å²) in [5.74, 6) is 0. The molecule has 0 bridgehead atoms. The fourth-order valence-electron chi connectivity index (χ4n) is 0.242. The highest BCUT2D eigenvalue weighted by Crippen LogP contribution is 1.68. The summed E-state index contributed by atoms with van der Waals surface area (Å²) in [6.07, 6.45) is 2.70. The smallest absolute Gasteiger partial charge is 0.313 e. The molecule has 0 unspecified atom stereocenters. The molecule has 0 saturated carbocycles. The second kappa shape index (κ2) is 4.05. The minimum atomic E-state index is -0.387. The van der Waals surface area contributed by atoms with Crippen LogP contribution >= 0.6 is 0 Å². The predicted octanol–water partition coefficient (Wildman–Crippen LogP) is 0.930. The number of hydrogen-bond acceptors (Lipinski definition) is 1. The fraction of sp³-hybridized carbons (Fsp3) is 0.200. The van der Waals surface area contributed by atoms with Crippen LogP contribution in [0, 0.1) is 0 Å². The maximum absolute atomic E-state index is 10.3. The molecule has 0 aromatic carbocycles. The lowest BCUT2D eigenvalue weighted by atomic mass is 10.8. The maximum Gasteiger partial charge on any atom is 0.344 e. The van der Waals surface area contributed by atoms with Crippen LogP contribution in [0.3, 0.4) is 0 Å². The predicted molar refractivity (Wildman–Crippen MR) is 32.9 cm³/mol. The molecule has 2 amide bonds. The third-order valence-electron chi connectivity index (χ3n) is 0.472. The zero-order chi connectivity index (χ0) is 6.41. The Morgan fingerprint density at radius 2 is 2.50 bits per heavy atom. The number of carbonyl (C=O) groups excluding carboxylic acids is 1. The van der Waals surface area contributed by atoms with Crippen LogP contribution in [0.15, 0.2) is 17.8 Å².